The van der Waals surface area contributed by atoms with Crippen LogP contribution in [0.4, 0.5) is 5.82 Å². The quantitative estimate of drug-likeness (QED) is 0.774. The molecule has 140 valence electrons. The third-order valence-electron chi connectivity index (χ3n) is 5.46. The number of nitrogens with zero attached hydrogens (tertiary/aromatic N) is 2. The van der Waals surface area contributed by atoms with Gasteiger partial charge in [0.05, 0.1) is 6.10 Å². The molecule has 1 saturated carbocycles. The van der Waals surface area contributed by atoms with Crippen molar-refractivity contribution in [3.8, 4) is 0 Å². The predicted molar refractivity (Wildman–Crippen MR) is 97.8 cm³/mol. The molecular weight excluding hydrogens is 338 g/mol. The number of piperidine rings is 1. The average Bonchev–Trinajstić information content (AvgIpc) is 3.41. The van der Waals surface area contributed by atoms with E-state index in [2.05, 4.69) is 10.3 Å². The van der Waals surface area contributed by atoms with Crippen molar-refractivity contribution < 1.29 is 13.5 Å². The van der Waals surface area contributed by atoms with Crippen molar-refractivity contribution in [1.82, 2.24) is 9.29 Å². The van der Waals surface area contributed by atoms with Crippen LogP contribution in [0.25, 0.3) is 0 Å². The van der Waals surface area contributed by atoms with Gasteiger partial charge in [-0.1, -0.05) is 20.3 Å². The van der Waals surface area contributed by atoms with Crippen LogP contribution in [0.1, 0.15) is 46.0 Å². The molecule has 1 atom stereocenters. The highest BCUT2D eigenvalue weighted by Gasteiger charge is 2.49. The van der Waals surface area contributed by atoms with Crippen LogP contribution in [0.3, 0.4) is 0 Å². The zero-order chi connectivity index (χ0) is 18.1. The number of pyridine rings is 1. The van der Waals surface area contributed by atoms with E-state index in [9.17, 15) is 13.5 Å². The number of hydrogen-bond acceptors (Lipinski definition) is 5. The fraction of sp³-hybridized carbons (Fsp3) is 0.722. The lowest BCUT2D eigenvalue weighted by molar-refractivity contribution is 0.0567. The van der Waals surface area contributed by atoms with Crippen LogP contribution in [0.5, 0.6) is 0 Å². The number of aliphatic hydroxyl groups is 1. The summed E-state index contributed by atoms with van der Waals surface area (Å²) in [6.07, 6.45) is 6.08. The molecule has 0 aromatic carbocycles. The van der Waals surface area contributed by atoms with Crippen molar-refractivity contribution in [2.75, 3.05) is 25.0 Å². The summed E-state index contributed by atoms with van der Waals surface area (Å²) in [6, 6.07) is 3.34. The fourth-order valence-corrected chi connectivity index (χ4v) is 5.07. The van der Waals surface area contributed by atoms with E-state index in [1.165, 1.54) is 6.20 Å². The Morgan fingerprint density at radius 3 is 2.44 bits per heavy atom. The number of sulfonamides is 1. The molecule has 1 unspecified atom stereocenters. The van der Waals surface area contributed by atoms with Crippen molar-refractivity contribution in [1.29, 1.82) is 0 Å². The smallest absolute Gasteiger partial charge is 0.244 e. The van der Waals surface area contributed by atoms with Gasteiger partial charge < -0.3 is 10.4 Å². The summed E-state index contributed by atoms with van der Waals surface area (Å²) < 4.78 is 26.8. The Bertz CT molecular complexity index is 678. The van der Waals surface area contributed by atoms with E-state index in [0.717, 1.165) is 32.1 Å². The van der Waals surface area contributed by atoms with Gasteiger partial charge in [-0.2, -0.15) is 4.31 Å². The van der Waals surface area contributed by atoms with Gasteiger partial charge in [0.15, 0.2) is 0 Å². The maximum absolute atomic E-state index is 12.6. The molecule has 2 fully saturated rings. The standard InChI is InChI=1S/C18H29N3O3S/c1-14(2)17(22)18(8-9-18)13-20-16-7-6-15(12-19-16)25(23,24)21-10-4-3-5-11-21/h6-7,12,14,17,22H,3-5,8-11,13H2,1-2H3,(H,19,20). The molecule has 0 amide bonds. The van der Waals surface area contributed by atoms with Crippen molar-refractivity contribution in [2.24, 2.45) is 11.3 Å². The Labute approximate surface area is 150 Å². The number of aromatic nitrogens is 1. The zero-order valence-electron chi connectivity index (χ0n) is 15.1. The van der Waals surface area contributed by atoms with E-state index in [4.69, 9.17) is 0 Å². The van der Waals surface area contributed by atoms with Gasteiger partial charge in [-0.05, 0) is 43.7 Å². The Kier molecular flexibility index (Phi) is 5.37. The minimum Gasteiger partial charge on any atom is -0.392 e. The maximum atomic E-state index is 12.6. The number of rotatable bonds is 7. The van der Waals surface area contributed by atoms with E-state index < -0.39 is 10.0 Å². The van der Waals surface area contributed by atoms with E-state index in [1.807, 2.05) is 13.8 Å². The van der Waals surface area contributed by atoms with Crippen molar-refractivity contribution >= 4 is 15.8 Å². The molecule has 6 nitrogen and oxygen atoms in total. The van der Waals surface area contributed by atoms with Crippen LogP contribution >= 0.6 is 0 Å². The first-order chi connectivity index (χ1) is 11.8. The van der Waals surface area contributed by atoms with E-state index in [0.29, 0.717) is 25.5 Å². The summed E-state index contributed by atoms with van der Waals surface area (Å²) in [5.41, 5.74) is -0.0611. The normalized spacial score (nSPS) is 21.9. The molecule has 2 heterocycles. The van der Waals surface area contributed by atoms with Crippen LogP contribution in [-0.2, 0) is 10.0 Å². The second-order valence-electron chi connectivity index (χ2n) is 7.75. The topological polar surface area (TPSA) is 82.5 Å². The largest absolute Gasteiger partial charge is 0.392 e. The lowest BCUT2D eigenvalue weighted by atomic mass is 9.90. The minimum absolute atomic E-state index is 0.0611. The highest BCUT2D eigenvalue weighted by Crippen LogP contribution is 2.50. The first-order valence-corrected chi connectivity index (χ1v) is 10.7. The minimum atomic E-state index is -3.43. The van der Waals surface area contributed by atoms with Crippen LogP contribution < -0.4 is 5.32 Å². The number of nitrogens with one attached hydrogen (secondary N) is 1. The molecule has 3 rings (SSSR count). The molecular formula is C18H29N3O3S. The molecule has 2 N–H and O–H groups in total. The van der Waals surface area contributed by atoms with E-state index >= 15 is 0 Å². The van der Waals surface area contributed by atoms with Gasteiger partial charge in [-0.3, -0.25) is 0 Å². The number of hydrogen-bond donors (Lipinski definition) is 2. The van der Waals surface area contributed by atoms with Gasteiger partial charge in [0, 0.05) is 31.2 Å². The Hall–Kier alpha value is -1.18. The monoisotopic (exact) mass is 367 g/mol. The predicted octanol–water partition coefficient (Wildman–Crippen LogP) is 2.47. The summed E-state index contributed by atoms with van der Waals surface area (Å²) in [5.74, 6) is 0.883. The molecule has 1 aliphatic carbocycles. The summed E-state index contributed by atoms with van der Waals surface area (Å²) in [5, 5.41) is 13.6. The van der Waals surface area contributed by atoms with Gasteiger partial charge in [0.25, 0.3) is 0 Å². The lowest BCUT2D eigenvalue weighted by Crippen LogP contribution is -2.35. The first kappa shape index (κ1) is 18.6. The van der Waals surface area contributed by atoms with E-state index in [1.54, 1.807) is 16.4 Å². The highest BCUT2D eigenvalue weighted by atomic mass is 32.2. The van der Waals surface area contributed by atoms with Crippen LogP contribution in [-0.4, -0.2) is 48.6 Å². The Morgan fingerprint density at radius 1 is 1.24 bits per heavy atom. The third kappa shape index (κ3) is 3.99. The second kappa shape index (κ2) is 7.21. The fourth-order valence-electron chi connectivity index (χ4n) is 3.60. The van der Waals surface area contributed by atoms with Gasteiger partial charge >= 0.3 is 0 Å². The first-order valence-electron chi connectivity index (χ1n) is 9.23. The van der Waals surface area contributed by atoms with Gasteiger partial charge in [0.2, 0.25) is 10.0 Å². The summed E-state index contributed by atoms with van der Waals surface area (Å²) in [6.45, 7) is 5.92. The SMILES string of the molecule is CC(C)C(O)C1(CNc2ccc(S(=O)(=O)N3CCCCC3)cn2)CC1. The summed E-state index contributed by atoms with van der Waals surface area (Å²) >= 11 is 0. The zero-order valence-corrected chi connectivity index (χ0v) is 15.9. The van der Waals surface area contributed by atoms with Gasteiger partial charge in [-0.15, -0.1) is 0 Å². The lowest BCUT2D eigenvalue weighted by Gasteiger charge is -2.26. The van der Waals surface area contributed by atoms with Crippen molar-refractivity contribution in [3.63, 3.8) is 0 Å². The molecule has 1 aromatic rings. The highest BCUT2D eigenvalue weighted by molar-refractivity contribution is 7.89. The average molecular weight is 368 g/mol. The molecule has 25 heavy (non-hydrogen) atoms. The van der Waals surface area contributed by atoms with Crippen LogP contribution in [0.2, 0.25) is 0 Å². The molecule has 0 radical (unpaired) electrons. The van der Waals surface area contributed by atoms with E-state index in [-0.39, 0.29) is 22.3 Å². The van der Waals surface area contributed by atoms with Gasteiger partial charge in [0.1, 0.15) is 10.7 Å². The maximum Gasteiger partial charge on any atom is 0.244 e. The van der Waals surface area contributed by atoms with Gasteiger partial charge in [-0.25, -0.2) is 13.4 Å². The second-order valence-corrected chi connectivity index (χ2v) is 9.69. The number of anilines is 1. The van der Waals surface area contributed by atoms with Crippen LogP contribution in [0, 0.1) is 11.3 Å². The Morgan fingerprint density at radius 2 is 1.92 bits per heavy atom. The van der Waals surface area contributed by atoms with Crippen LogP contribution in [0.15, 0.2) is 23.2 Å². The molecule has 1 aliphatic heterocycles. The summed E-state index contributed by atoms with van der Waals surface area (Å²) in [4.78, 5) is 4.53. The molecule has 1 saturated heterocycles. The molecule has 2 aliphatic rings. The molecule has 0 bridgehead atoms. The van der Waals surface area contributed by atoms with Crippen molar-refractivity contribution in [2.45, 2.75) is 57.0 Å². The molecule has 7 heteroatoms. The molecule has 0 spiro atoms. The third-order valence-corrected chi connectivity index (χ3v) is 7.34. The summed E-state index contributed by atoms with van der Waals surface area (Å²) in [7, 11) is -3.43. The Balaban J connectivity index is 1.63. The molecule has 1 aromatic heterocycles. The van der Waals surface area contributed by atoms with Crippen molar-refractivity contribution in [3.05, 3.63) is 18.3 Å². The number of aliphatic hydroxyl groups excluding tert-OH is 1.